The van der Waals surface area contributed by atoms with Crippen molar-refractivity contribution < 1.29 is 45.5 Å². The van der Waals surface area contributed by atoms with Crippen LogP contribution < -0.4 is 22.1 Å². The molecule has 2 aromatic heterocycles. The molecule has 2 heterocycles. The highest BCUT2D eigenvalue weighted by Crippen LogP contribution is 2.43. The molecule has 20 heteroatoms. The van der Waals surface area contributed by atoms with Gasteiger partial charge in [0.2, 0.25) is 0 Å². The molecule has 0 amide bonds. The molecule has 0 bridgehead atoms. The molecule has 0 aliphatic rings. The Bertz CT molecular complexity index is 1550. The van der Waals surface area contributed by atoms with E-state index < -0.39 is 39.9 Å². The number of quaternary nitrogens is 2. The Morgan fingerprint density at radius 1 is 0.725 bits per heavy atom. The summed E-state index contributed by atoms with van der Waals surface area (Å²) in [5.74, 6) is 0. The lowest BCUT2D eigenvalue weighted by atomic mass is 10.1. The average Bonchev–Trinajstić information content (AvgIpc) is 3.39. The SMILES string of the molecule is N#Cc1cc2cc(C(F)(F)O[P+](=O)[O-])c(Br)cc2s1.N#Cc1cc2cc(C(F)(F)O[P+](=O)[O-])c(Br)cc2s1.[NH4+].[NH4+]. The first-order chi connectivity index (χ1) is 17.7. The number of nitriles is 2. The van der Waals surface area contributed by atoms with E-state index in [4.69, 9.17) is 10.5 Å². The van der Waals surface area contributed by atoms with Crippen molar-refractivity contribution in [1.29, 1.82) is 10.5 Å². The second kappa shape index (κ2) is 14.2. The molecule has 0 fully saturated rings. The van der Waals surface area contributed by atoms with E-state index in [1.54, 1.807) is 0 Å². The summed E-state index contributed by atoms with van der Waals surface area (Å²) >= 11 is 8.18. The van der Waals surface area contributed by atoms with Crippen molar-refractivity contribution in [2.24, 2.45) is 0 Å². The molecule has 0 aliphatic heterocycles. The fraction of sp³-hybridized carbons (Fsp3) is 0.100. The summed E-state index contributed by atoms with van der Waals surface area (Å²) in [6.45, 7) is 0. The normalized spacial score (nSPS) is 11.8. The molecule has 40 heavy (non-hydrogen) atoms. The summed E-state index contributed by atoms with van der Waals surface area (Å²) in [7, 11) is -7.37. The molecule has 8 N–H and O–H groups in total. The first-order valence-corrected chi connectivity index (χ1v) is 14.8. The number of nitrogens with zero attached hydrogens (tertiary/aromatic N) is 2. The molecule has 2 atom stereocenters. The zero-order valence-electron chi connectivity index (χ0n) is 19.8. The highest BCUT2D eigenvalue weighted by atomic mass is 79.9. The molecular weight excluding hydrogens is 754 g/mol. The van der Waals surface area contributed by atoms with Gasteiger partial charge in [-0.2, -0.15) is 28.1 Å². The predicted molar refractivity (Wildman–Crippen MR) is 146 cm³/mol. The van der Waals surface area contributed by atoms with Crippen LogP contribution in [0.15, 0.2) is 45.3 Å². The molecule has 2 aromatic carbocycles. The Kier molecular flexibility index (Phi) is 12.8. The summed E-state index contributed by atoms with van der Waals surface area (Å²) in [6, 6.07) is 11.7. The zero-order valence-corrected chi connectivity index (χ0v) is 26.4. The van der Waals surface area contributed by atoms with Gasteiger partial charge in [-0.3, -0.25) is 0 Å². The smallest absolute Gasteiger partial charge is 0.495 e. The highest BCUT2D eigenvalue weighted by Gasteiger charge is 2.43. The summed E-state index contributed by atoms with van der Waals surface area (Å²) in [4.78, 5) is 21.3. The minimum Gasteiger partial charge on any atom is -0.566 e. The van der Waals surface area contributed by atoms with Crippen LogP contribution in [0, 0.1) is 22.7 Å². The largest absolute Gasteiger partial charge is 0.566 e. The van der Waals surface area contributed by atoms with Crippen molar-refractivity contribution in [3.63, 3.8) is 0 Å². The van der Waals surface area contributed by atoms with Crippen LogP contribution in [-0.4, -0.2) is 0 Å². The van der Waals surface area contributed by atoms with Crippen LogP contribution >= 0.6 is 71.0 Å². The summed E-state index contributed by atoms with van der Waals surface area (Å²) < 4.78 is 83.4. The third-order valence-electron chi connectivity index (χ3n) is 4.44. The highest BCUT2D eigenvalue weighted by molar-refractivity contribution is 9.10. The van der Waals surface area contributed by atoms with E-state index in [0.29, 0.717) is 29.9 Å². The predicted octanol–water partition coefficient (Wildman–Crippen LogP) is 7.99. The number of benzene rings is 2. The number of halogens is 6. The van der Waals surface area contributed by atoms with Crippen molar-refractivity contribution in [2.75, 3.05) is 0 Å². The van der Waals surface area contributed by atoms with Gasteiger partial charge in [0.25, 0.3) is 0 Å². The first-order valence-electron chi connectivity index (χ1n) is 9.37. The Morgan fingerprint density at radius 3 is 1.32 bits per heavy atom. The van der Waals surface area contributed by atoms with Gasteiger partial charge in [-0.25, -0.2) is 0 Å². The molecule has 4 aromatic rings. The van der Waals surface area contributed by atoms with Crippen LogP contribution in [0.5, 0.6) is 0 Å². The van der Waals surface area contributed by atoms with Crippen molar-refractivity contribution in [3.8, 4) is 12.1 Å². The Hall–Kier alpha value is -2.02. The van der Waals surface area contributed by atoms with E-state index in [1.807, 2.05) is 12.1 Å². The summed E-state index contributed by atoms with van der Waals surface area (Å²) in [5.41, 5.74) is -1.22. The van der Waals surface area contributed by atoms with E-state index in [2.05, 4.69) is 40.9 Å². The van der Waals surface area contributed by atoms with Crippen molar-refractivity contribution in [1.82, 2.24) is 12.3 Å². The number of hydrogen-bond acceptors (Lipinski definition) is 10. The first kappa shape index (κ1) is 36.0. The lowest BCUT2D eigenvalue weighted by Gasteiger charge is -2.12. The van der Waals surface area contributed by atoms with Crippen LogP contribution in [0.4, 0.5) is 17.6 Å². The lowest BCUT2D eigenvalue weighted by molar-refractivity contribution is -0.248. The van der Waals surface area contributed by atoms with Gasteiger partial charge in [0.05, 0.1) is 11.1 Å². The number of alkyl halides is 4. The number of thiophene rings is 2. The Labute approximate surface area is 249 Å². The fourth-order valence-corrected chi connectivity index (χ4v) is 6.75. The Balaban J connectivity index is 0.000000381. The van der Waals surface area contributed by atoms with E-state index in [1.165, 1.54) is 24.3 Å². The Morgan fingerprint density at radius 2 is 1.05 bits per heavy atom. The number of fused-ring (bicyclic) bond motifs is 2. The third kappa shape index (κ3) is 8.50. The maximum Gasteiger partial charge on any atom is 0.495 e. The molecule has 212 valence electrons. The topological polar surface area (TPSA) is 219 Å². The lowest BCUT2D eigenvalue weighted by Crippen LogP contribution is -2.17. The molecule has 2 unspecified atom stereocenters. The molecule has 0 spiro atoms. The van der Waals surface area contributed by atoms with Gasteiger partial charge >= 0.3 is 28.7 Å². The van der Waals surface area contributed by atoms with Gasteiger partial charge in [0.15, 0.2) is 0 Å². The van der Waals surface area contributed by atoms with Crippen molar-refractivity contribution in [2.45, 2.75) is 12.2 Å². The molecular formula is C20H14Br2F4N4O6P2S2+2. The van der Waals surface area contributed by atoms with E-state index >= 15 is 0 Å². The second-order valence-corrected chi connectivity index (χ2v) is 12.0. The van der Waals surface area contributed by atoms with E-state index in [-0.39, 0.29) is 21.2 Å². The minimum absolute atomic E-state index is 0. The maximum atomic E-state index is 13.6. The molecule has 0 saturated carbocycles. The molecule has 10 nitrogen and oxygen atoms in total. The summed E-state index contributed by atoms with van der Waals surface area (Å²) in [5, 5.41) is 18.3. The fourth-order valence-electron chi connectivity index (χ4n) is 2.97. The zero-order chi connectivity index (χ0) is 28.4. The third-order valence-corrected chi connectivity index (χ3v) is 8.51. The van der Waals surface area contributed by atoms with E-state index in [0.717, 1.165) is 34.8 Å². The van der Waals surface area contributed by atoms with Gasteiger partial charge < -0.3 is 22.1 Å². The monoisotopic (exact) mass is 766 g/mol. The molecule has 0 saturated heterocycles. The van der Waals surface area contributed by atoms with Crippen LogP contribution in [0.1, 0.15) is 20.9 Å². The molecule has 0 aliphatic carbocycles. The van der Waals surface area contributed by atoms with Crippen LogP contribution in [0.3, 0.4) is 0 Å². The second-order valence-electron chi connectivity index (χ2n) is 6.85. The van der Waals surface area contributed by atoms with E-state index in [9.17, 15) is 36.5 Å². The van der Waals surface area contributed by atoms with Crippen LogP contribution in [0.25, 0.3) is 20.2 Å². The standard InChI is InChI=1S/2C10H3BrF2NO3PS.2H3N/c2*11-8-3-9-5(1-6(4-14)19-9)2-7(8)10(12,13)17-18(15)16;;/h2*1-3H;2*1H3/p+2. The quantitative estimate of drug-likeness (QED) is 0.144. The molecule has 4 rings (SSSR count). The van der Waals surface area contributed by atoms with Crippen LogP contribution in [0.2, 0.25) is 0 Å². The van der Waals surface area contributed by atoms with Gasteiger partial charge in [-0.15, -0.1) is 22.7 Å². The van der Waals surface area contributed by atoms with Gasteiger partial charge in [0, 0.05) is 18.3 Å². The number of hydrogen-bond donors (Lipinski definition) is 2. The van der Waals surface area contributed by atoms with Crippen molar-refractivity contribution >= 4 is 91.2 Å². The molecule has 0 radical (unpaired) electrons. The van der Waals surface area contributed by atoms with Crippen LogP contribution in [-0.2, 0) is 30.4 Å². The minimum atomic E-state index is -3.96. The van der Waals surface area contributed by atoms with Crippen molar-refractivity contribution in [3.05, 3.63) is 66.2 Å². The number of rotatable bonds is 6. The maximum absolute atomic E-state index is 13.6. The average molecular weight is 768 g/mol. The van der Waals surface area contributed by atoms with Gasteiger partial charge in [-0.1, -0.05) is 40.9 Å². The summed E-state index contributed by atoms with van der Waals surface area (Å²) in [6.07, 6.45) is -7.92. The van der Waals surface area contributed by atoms with Gasteiger partial charge in [0.1, 0.15) is 21.9 Å². The van der Waals surface area contributed by atoms with Gasteiger partial charge in [-0.05, 0) is 56.3 Å².